The summed E-state index contributed by atoms with van der Waals surface area (Å²) in [4.78, 5) is 12.0. The summed E-state index contributed by atoms with van der Waals surface area (Å²) < 4.78 is 6.76. The van der Waals surface area contributed by atoms with E-state index < -0.39 is 13.9 Å². The number of fused-ring (bicyclic) bond motifs is 1. The van der Waals surface area contributed by atoms with E-state index in [4.69, 9.17) is 4.43 Å². The second-order valence-corrected chi connectivity index (χ2v) is 14.3. The Hall–Kier alpha value is -0.193. The Labute approximate surface area is 137 Å². The maximum atomic E-state index is 12.0. The van der Waals surface area contributed by atoms with Crippen LogP contribution in [0, 0.1) is 11.3 Å². The smallest absolute Gasteiger partial charge is 0.192 e. The van der Waals surface area contributed by atoms with Gasteiger partial charge in [0.2, 0.25) is 0 Å². The summed E-state index contributed by atoms with van der Waals surface area (Å²) in [6, 6.07) is 0. The third-order valence-electron chi connectivity index (χ3n) is 6.81. The molecule has 22 heavy (non-hydrogen) atoms. The van der Waals surface area contributed by atoms with Crippen LogP contribution >= 0.6 is 0 Å². The molecule has 0 aromatic rings. The van der Waals surface area contributed by atoms with Crippen molar-refractivity contribution in [2.24, 2.45) is 11.3 Å². The first-order valence-electron chi connectivity index (χ1n) is 8.71. The van der Waals surface area contributed by atoms with Crippen molar-refractivity contribution in [2.75, 3.05) is 0 Å². The summed E-state index contributed by atoms with van der Waals surface area (Å²) in [5.74, 6) is 0.334. The summed E-state index contributed by atoms with van der Waals surface area (Å²) in [5.41, 5.74) is -0.816. The molecule has 0 aliphatic heterocycles. The average molecular weight is 327 g/mol. The zero-order valence-corrected chi connectivity index (χ0v) is 16.5. The fraction of sp³-hybridized carbons (Fsp3) is 0.944. The molecule has 128 valence electrons. The van der Waals surface area contributed by atoms with Gasteiger partial charge in [0.15, 0.2) is 8.32 Å². The van der Waals surface area contributed by atoms with E-state index in [9.17, 15) is 9.90 Å². The number of carbonyl (C=O) groups excluding carboxylic acids is 1. The minimum atomic E-state index is -1.85. The molecule has 1 N–H and O–H groups in total. The first-order chi connectivity index (χ1) is 9.80. The van der Waals surface area contributed by atoms with Crippen molar-refractivity contribution in [3.05, 3.63) is 0 Å². The Morgan fingerprint density at radius 3 is 2.36 bits per heavy atom. The molecule has 4 atom stereocenters. The van der Waals surface area contributed by atoms with Gasteiger partial charge in [-0.25, -0.2) is 0 Å². The van der Waals surface area contributed by atoms with E-state index in [1.807, 2.05) is 6.92 Å². The Bertz CT molecular complexity index is 450. The highest BCUT2D eigenvalue weighted by atomic mass is 28.4. The standard InChI is InChI=1S/C18H34O3Si/c1-16(2,3)22(6,7)21-15-9-11-18(5,20)14-12-13(19)8-10-17(14,15)4/h14-15,20H,8-12H2,1-7H3/t14-,15-,17-,18-/m1/s1. The lowest BCUT2D eigenvalue weighted by atomic mass is 9.54. The third-order valence-corrected chi connectivity index (χ3v) is 11.3. The lowest BCUT2D eigenvalue weighted by molar-refractivity contribution is -0.169. The van der Waals surface area contributed by atoms with E-state index in [0.717, 1.165) is 19.3 Å². The van der Waals surface area contributed by atoms with Crippen LogP contribution in [0.25, 0.3) is 0 Å². The third kappa shape index (κ3) is 3.07. The molecule has 0 aromatic carbocycles. The first-order valence-corrected chi connectivity index (χ1v) is 11.6. The zero-order valence-electron chi connectivity index (χ0n) is 15.5. The number of hydrogen-bond acceptors (Lipinski definition) is 3. The van der Waals surface area contributed by atoms with Crippen molar-refractivity contribution in [1.82, 2.24) is 0 Å². The number of hydrogen-bond donors (Lipinski definition) is 1. The predicted molar refractivity (Wildman–Crippen MR) is 92.4 cm³/mol. The van der Waals surface area contributed by atoms with E-state index in [1.54, 1.807) is 0 Å². The Balaban J connectivity index is 2.29. The van der Waals surface area contributed by atoms with Crippen LogP contribution < -0.4 is 0 Å². The summed E-state index contributed by atoms with van der Waals surface area (Å²) >= 11 is 0. The van der Waals surface area contributed by atoms with Gasteiger partial charge in [0.1, 0.15) is 5.78 Å². The molecule has 0 saturated heterocycles. The number of rotatable bonds is 2. The van der Waals surface area contributed by atoms with Crippen LogP contribution in [0.3, 0.4) is 0 Å². The molecule has 3 nitrogen and oxygen atoms in total. The Kier molecular flexibility index (Phi) is 4.47. The maximum absolute atomic E-state index is 12.0. The topological polar surface area (TPSA) is 46.5 Å². The summed E-state index contributed by atoms with van der Waals surface area (Å²) in [5, 5.41) is 11.0. The fourth-order valence-electron chi connectivity index (χ4n) is 4.11. The van der Waals surface area contributed by atoms with Crippen LogP contribution in [0.15, 0.2) is 0 Å². The predicted octanol–water partition coefficient (Wildman–Crippen LogP) is 4.30. The molecular weight excluding hydrogens is 292 g/mol. The van der Waals surface area contributed by atoms with Crippen molar-refractivity contribution in [3.8, 4) is 0 Å². The summed E-state index contributed by atoms with van der Waals surface area (Å²) in [6.07, 6.45) is 3.82. The van der Waals surface area contributed by atoms with Crippen LogP contribution in [0.2, 0.25) is 18.1 Å². The van der Waals surface area contributed by atoms with Gasteiger partial charge in [0.05, 0.1) is 11.7 Å². The maximum Gasteiger partial charge on any atom is 0.192 e. The highest BCUT2D eigenvalue weighted by molar-refractivity contribution is 6.74. The quantitative estimate of drug-likeness (QED) is 0.770. The second-order valence-electron chi connectivity index (χ2n) is 9.56. The van der Waals surface area contributed by atoms with E-state index in [1.165, 1.54) is 0 Å². The molecule has 0 unspecified atom stereocenters. The largest absolute Gasteiger partial charge is 0.413 e. The van der Waals surface area contributed by atoms with Crippen LogP contribution in [0.1, 0.15) is 66.7 Å². The van der Waals surface area contributed by atoms with E-state index in [0.29, 0.717) is 18.6 Å². The minimum Gasteiger partial charge on any atom is -0.413 e. The summed E-state index contributed by atoms with van der Waals surface area (Å²) in [7, 11) is -1.85. The van der Waals surface area contributed by atoms with Crippen LogP contribution in [0.5, 0.6) is 0 Å². The zero-order chi connectivity index (χ0) is 17.0. The summed E-state index contributed by atoms with van der Waals surface area (Å²) in [6.45, 7) is 15.6. The fourth-order valence-corrected chi connectivity index (χ4v) is 5.57. The molecule has 2 rings (SSSR count). The van der Waals surface area contributed by atoms with Gasteiger partial charge in [0, 0.05) is 18.8 Å². The Morgan fingerprint density at radius 1 is 1.23 bits per heavy atom. The van der Waals surface area contributed by atoms with Crippen molar-refractivity contribution in [2.45, 2.75) is 96.6 Å². The van der Waals surface area contributed by atoms with Crippen LogP contribution in [-0.2, 0) is 9.22 Å². The van der Waals surface area contributed by atoms with Gasteiger partial charge in [0.25, 0.3) is 0 Å². The van der Waals surface area contributed by atoms with E-state index in [-0.39, 0.29) is 22.5 Å². The number of carbonyl (C=O) groups is 1. The van der Waals surface area contributed by atoms with Gasteiger partial charge in [-0.1, -0.05) is 27.7 Å². The SMILES string of the molecule is CC(C)(C)[Si](C)(C)O[C@@H]1CC[C@@](C)(O)[C@@H]2CC(=O)CC[C@]21C. The molecule has 0 amide bonds. The molecule has 2 saturated carbocycles. The van der Waals surface area contributed by atoms with Gasteiger partial charge in [-0.05, 0) is 49.7 Å². The monoisotopic (exact) mass is 326 g/mol. The van der Waals surface area contributed by atoms with E-state index >= 15 is 0 Å². The van der Waals surface area contributed by atoms with Crippen LogP contribution in [0.4, 0.5) is 0 Å². The molecule has 4 heteroatoms. The van der Waals surface area contributed by atoms with Crippen LogP contribution in [-0.4, -0.2) is 30.9 Å². The normalized spacial score (nSPS) is 40.5. The molecular formula is C18H34O3Si. The second kappa shape index (κ2) is 5.42. The van der Waals surface area contributed by atoms with Crippen molar-refractivity contribution < 1.29 is 14.3 Å². The van der Waals surface area contributed by atoms with Gasteiger partial charge in [-0.2, -0.15) is 0 Å². The highest BCUT2D eigenvalue weighted by Gasteiger charge is 2.57. The molecule has 2 aliphatic rings. The number of aliphatic hydroxyl groups is 1. The van der Waals surface area contributed by atoms with Gasteiger partial charge < -0.3 is 9.53 Å². The molecule has 0 aromatic heterocycles. The van der Waals surface area contributed by atoms with E-state index in [2.05, 4.69) is 40.8 Å². The first kappa shape index (κ1) is 18.1. The molecule has 2 fully saturated rings. The molecule has 0 heterocycles. The van der Waals surface area contributed by atoms with Crippen molar-refractivity contribution in [3.63, 3.8) is 0 Å². The Morgan fingerprint density at radius 2 is 1.82 bits per heavy atom. The molecule has 0 radical (unpaired) electrons. The lowest BCUT2D eigenvalue weighted by Crippen LogP contribution is -2.60. The van der Waals surface area contributed by atoms with Crippen molar-refractivity contribution in [1.29, 1.82) is 0 Å². The van der Waals surface area contributed by atoms with Gasteiger partial charge in [-0.15, -0.1) is 0 Å². The number of ketones is 1. The van der Waals surface area contributed by atoms with Gasteiger partial charge >= 0.3 is 0 Å². The highest BCUT2D eigenvalue weighted by Crippen LogP contribution is 2.55. The molecule has 2 aliphatic carbocycles. The lowest BCUT2D eigenvalue weighted by Gasteiger charge is -2.57. The minimum absolute atomic E-state index is 0.0322. The van der Waals surface area contributed by atoms with Crippen molar-refractivity contribution >= 4 is 14.1 Å². The van der Waals surface area contributed by atoms with Gasteiger partial charge in [-0.3, -0.25) is 4.79 Å². The molecule has 0 spiro atoms. The number of Topliss-reactive ketones (excluding diaryl/α,β-unsaturated/α-hetero) is 1. The average Bonchev–Trinajstić information content (AvgIpc) is 2.34. The molecule has 0 bridgehead atoms.